The minimum Gasteiger partial charge on any atom is -0.504 e. The highest BCUT2D eigenvalue weighted by Crippen LogP contribution is 2.49. The molecule has 0 atom stereocenters. The standard InChI is InChI=1S/C10H12FNO2/c1-14-9-7(11)3-2-6(8(9)13)10(12)4-5-10/h2-3,13H,4-5,12H2,1H3. The Balaban J connectivity index is 2.53. The van der Waals surface area contributed by atoms with Gasteiger partial charge in [-0.15, -0.1) is 0 Å². The molecule has 0 aliphatic heterocycles. The topological polar surface area (TPSA) is 55.5 Å². The van der Waals surface area contributed by atoms with Gasteiger partial charge in [0.2, 0.25) is 0 Å². The lowest BCUT2D eigenvalue weighted by Crippen LogP contribution is -2.19. The summed E-state index contributed by atoms with van der Waals surface area (Å²) < 4.78 is 17.9. The molecular weight excluding hydrogens is 185 g/mol. The smallest absolute Gasteiger partial charge is 0.196 e. The molecule has 0 amide bonds. The van der Waals surface area contributed by atoms with Crippen LogP contribution in [0.3, 0.4) is 0 Å². The van der Waals surface area contributed by atoms with Crippen LogP contribution in [0.1, 0.15) is 18.4 Å². The Kier molecular flexibility index (Phi) is 1.89. The maximum atomic E-state index is 13.1. The van der Waals surface area contributed by atoms with Crippen molar-refractivity contribution in [3.05, 3.63) is 23.5 Å². The fourth-order valence-corrected chi connectivity index (χ4v) is 1.55. The Morgan fingerprint density at radius 3 is 2.64 bits per heavy atom. The van der Waals surface area contributed by atoms with E-state index < -0.39 is 11.4 Å². The number of hydrogen-bond donors (Lipinski definition) is 2. The van der Waals surface area contributed by atoms with E-state index in [0.717, 1.165) is 12.8 Å². The predicted molar refractivity (Wildman–Crippen MR) is 49.7 cm³/mol. The van der Waals surface area contributed by atoms with Gasteiger partial charge in [-0.1, -0.05) is 6.07 Å². The third kappa shape index (κ3) is 1.23. The number of hydrogen-bond acceptors (Lipinski definition) is 3. The van der Waals surface area contributed by atoms with E-state index in [4.69, 9.17) is 10.5 Å². The molecule has 14 heavy (non-hydrogen) atoms. The van der Waals surface area contributed by atoms with Crippen LogP contribution in [-0.4, -0.2) is 12.2 Å². The van der Waals surface area contributed by atoms with Gasteiger partial charge in [-0.3, -0.25) is 0 Å². The lowest BCUT2D eigenvalue weighted by atomic mass is 10.0. The summed E-state index contributed by atoms with van der Waals surface area (Å²) in [6.07, 6.45) is 1.63. The van der Waals surface area contributed by atoms with Gasteiger partial charge in [0, 0.05) is 11.1 Å². The summed E-state index contributed by atoms with van der Waals surface area (Å²) in [5.41, 5.74) is 5.99. The molecule has 0 spiro atoms. The Hall–Kier alpha value is -1.29. The first-order valence-electron chi connectivity index (χ1n) is 4.43. The Morgan fingerprint density at radius 1 is 1.50 bits per heavy atom. The van der Waals surface area contributed by atoms with E-state index >= 15 is 0 Å². The summed E-state index contributed by atoms with van der Waals surface area (Å²) >= 11 is 0. The zero-order valence-electron chi connectivity index (χ0n) is 7.88. The minimum absolute atomic E-state index is 0.126. The normalized spacial score (nSPS) is 17.9. The second-order valence-electron chi connectivity index (χ2n) is 3.63. The quantitative estimate of drug-likeness (QED) is 0.755. The highest BCUT2D eigenvalue weighted by atomic mass is 19.1. The van der Waals surface area contributed by atoms with Crippen LogP contribution in [0.15, 0.2) is 12.1 Å². The van der Waals surface area contributed by atoms with Gasteiger partial charge in [0.05, 0.1) is 7.11 Å². The molecule has 0 heterocycles. The molecule has 1 fully saturated rings. The Morgan fingerprint density at radius 2 is 2.14 bits per heavy atom. The van der Waals surface area contributed by atoms with E-state index in [1.165, 1.54) is 19.2 Å². The molecule has 3 N–H and O–H groups in total. The molecule has 0 unspecified atom stereocenters. The Labute approximate surface area is 81.3 Å². The van der Waals surface area contributed by atoms with Crippen molar-refractivity contribution in [2.75, 3.05) is 7.11 Å². The van der Waals surface area contributed by atoms with Crippen LogP contribution in [0.5, 0.6) is 11.5 Å². The molecule has 4 heteroatoms. The molecule has 1 aromatic carbocycles. The molecular formula is C10H12FNO2. The molecule has 1 aromatic rings. The molecule has 2 rings (SSSR count). The SMILES string of the molecule is COc1c(F)ccc(C2(N)CC2)c1O. The van der Waals surface area contributed by atoms with Crippen molar-refractivity contribution in [1.82, 2.24) is 0 Å². The number of rotatable bonds is 2. The zero-order valence-corrected chi connectivity index (χ0v) is 7.88. The highest BCUT2D eigenvalue weighted by molar-refractivity contribution is 5.51. The number of ether oxygens (including phenoxy) is 1. The van der Waals surface area contributed by atoms with E-state index in [1.54, 1.807) is 0 Å². The van der Waals surface area contributed by atoms with E-state index in [9.17, 15) is 9.50 Å². The van der Waals surface area contributed by atoms with E-state index in [1.807, 2.05) is 0 Å². The number of aromatic hydroxyl groups is 1. The first-order valence-corrected chi connectivity index (χ1v) is 4.43. The number of benzene rings is 1. The van der Waals surface area contributed by atoms with Gasteiger partial charge in [-0.05, 0) is 18.9 Å². The number of methoxy groups -OCH3 is 1. The molecule has 0 saturated heterocycles. The van der Waals surface area contributed by atoms with Crippen molar-refractivity contribution < 1.29 is 14.2 Å². The molecule has 1 saturated carbocycles. The predicted octanol–water partition coefficient (Wildman–Crippen LogP) is 1.49. The van der Waals surface area contributed by atoms with Gasteiger partial charge in [0.15, 0.2) is 17.3 Å². The monoisotopic (exact) mass is 197 g/mol. The van der Waals surface area contributed by atoms with Crippen LogP contribution in [0, 0.1) is 5.82 Å². The highest BCUT2D eigenvalue weighted by Gasteiger charge is 2.42. The molecule has 0 bridgehead atoms. The first kappa shape index (κ1) is 9.27. The summed E-state index contributed by atoms with van der Waals surface area (Å²) in [6.45, 7) is 0. The average Bonchev–Trinajstić information content (AvgIpc) is 2.85. The van der Waals surface area contributed by atoms with Crippen LogP contribution in [-0.2, 0) is 5.54 Å². The second-order valence-corrected chi connectivity index (χ2v) is 3.63. The number of phenols is 1. The van der Waals surface area contributed by atoms with Gasteiger partial charge in [0.25, 0.3) is 0 Å². The minimum atomic E-state index is -0.571. The summed E-state index contributed by atoms with van der Waals surface area (Å²) in [5.74, 6) is -0.871. The largest absolute Gasteiger partial charge is 0.504 e. The molecule has 1 aliphatic carbocycles. The van der Waals surface area contributed by atoms with Gasteiger partial charge >= 0.3 is 0 Å². The van der Waals surface area contributed by atoms with E-state index in [0.29, 0.717) is 5.56 Å². The van der Waals surface area contributed by atoms with Crippen molar-refractivity contribution in [2.24, 2.45) is 5.73 Å². The first-order chi connectivity index (χ1) is 6.58. The summed E-state index contributed by atoms with van der Waals surface area (Å²) in [6, 6.07) is 2.78. The van der Waals surface area contributed by atoms with Gasteiger partial charge in [-0.2, -0.15) is 0 Å². The summed E-state index contributed by atoms with van der Waals surface area (Å²) in [7, 11) is 1.32. The van der Waals surface area contributed by atoms with E-state index in [2.05, 4.69) is 0 Å². The Bertz CT molecular complexity index is 375. The van der Waals surface area contributed by atoms with Crippen LogP contribution in [0.25, 0.3) is 0 Å². The van der Waals surface area contributed by atoms with Crippen LogP contribution >= 0.6 is 0 Å². The molecule has 0 aromatic heterocycles. The zero-order chi connectivity index (χ0) is 10.3. The fourth-order valence-electron chi connectivity index (χ4n) is 1.55. The lowest BCUT2D eigenvalue weighted by molar-refractivity contribution is 0.346. The van der Waals surface area contributed by atoms with Crippen LogP contribution in [0.4, 0.5) is 4.39 Å². The van der Waals surface area contributed by atoms with E-state index in [-0.39, 0.29) is 11.5 Å². The average molecular weight is 197 g/mol. The van der Waals surface area contributed by atoms with Crippen molar-refractivity contribution in [3.8, 4) is 11.5 Å². The van der Waals surface area contributed by atoms with Gasteiger partial charge < -0.3 is 15.6 Å². The van der Waals surface area contributed by atoms with Crippen LogP contribution < -0.4 is 10.5 Å². The maximum absolute atomic E-state index is 13.1. The van der Waals surface area contributed by atoms with Crippen molar-refractivity contribution in [3.63, 3.8) is 0 Å². The molecule has 76 valence electrons. The van der Waals surface area contributed by atoms with Gasteiger partial charge in [-0.25, -0.2) is 4.39 Å². The lowest BCUT2D eigenvalue weighted by Gasteiger charge is -2.14. The third-order valence-corrected chi connectivity index (χ3v) is 2.61. The van der Waals surface area contributed by atoms with Crippen molar-refractivity contribution >= 4 is 0 Å². The number of phenolic OH excluding ortho intramolecular Hbond substituents is 1. The van der Waals surface area contributed by atoms with Crippen LogP contribution in [0.2, 0.25) is 0 Å². The molecule has 0 radical (unpaired) electrons. The second kappa shape index (κ2) is 2.85. The van der Waals surface area contributed by atoms with Crippen molar-refractivity contribution in [1.29, 1.82) is 0 Å². The maximum Gasteiger partial charge on any atom is 0.196 e. The third-order valence-electron chi connectivity index (χ3n) is 2.61. The van der Waals surface area contributed by atoms with Gasteiger partial charge in [0.1, 0.15) is 0 Å². The molecule has 3 nitrogen and oxygen atoms in total. The summed E-state index contributed by atoms with van der Waals surface area (Å²) in [4.78, 5) is 0. The number of nitrogens with two attached hydrogens (primary N) is 1. The number of halogens is 1. The van der Waals surface area contributed by atoms with Crippen molar-refractivity contribution in [2.45, 2.75) is 18.4 Å². The summed E-state index contributed by atoms with van der Waals surface area (Å²) in [5, 5.41) is 9.70. The molecule has 1 aliphatic rings. The fraction of sp³-hybridized carbons (Fsp3) is 0.400.